The van der Waals surface area contributed by atoms with Gasteiger partial charge in [-0.2, -0.15) is 0 Å². The van der Waals surface area contributed by atoms with Gasteiger partial charge in [-0.3, -0.25) is 0 Å². The average molecular weight is 276 g/mol. The van der Waals surface area contributed by atoms with E-state index >= 15 is 0 Å². The molecule has 2 aromatic carbocycles. The van der Waals surface area contributed by atoms with Crippen molar-refractivity contribution < 1.29 is 0 Å². The van der Waals surface area contributed by atoms with Gasteiger partial charge in [0.1, 0.15) is 0 Å². The Kier molecular flexibility index (Phi) is 4.17. The summed E-state index contributed by atoms with van der Waals surface area (Å²) in [5, 5.41) is 0. The number of hydrogen-bond donors (Lipinski definition) is 1. The number of hydrogen-bond acceptors (Lipinski definition) is 1. The minimum atomic E-state index is 0.344. The van der Waals surface area contributed by atoms with Crippen molar-refractivity contribution in [1.82, 2.24) is 4.33 Å². The van der Waals surface area contributed by atoms with Crippen LogP contribution in [0.25, 0.3) is 0 Å². The molecule has 0 aliphatic carbocycles. The molecule has 0 bridgehead atoms. The number of rotatable bonds is 4. The molecule has 0 spiro atoms. The minimum absolute atomic E-state index is 0.344. The van der Waals surface area contributed by atoms with Gasteiger partial charge in [-0.1, -0.05) is 0 Å². The van der Waals surface area contributed by atoms with Crippen molar-refractivity contribution in [2.24, 2.45) is 0 Å². The van der Waals surface area contributed by atoms with Gasteiger partial charge in [-0.15, -0.1) is 0 Å². The molecule has 0 fully saturated rings. The maximum absolute atomic E-state index is 3.58. The molecule has 0 radical (unpaired) electrons. The SMILES string of the molecule is C[C@H](N[Se]c1ccccc1)c1ccccc1. The van der Waals surface area contributed by atoms with Crippen LogP contribution in [0.2, 0.25) is 0 Å². The Morgan fingerprint density at radius 3 is 2.06 bits per heavy atom. The van der Waals surface area contributed by atoms with E-state index in [1.165, 1.54) is 10.0 Å². The molecule has 0 aliphatic heterocycles. The first-order valence-electron chi connectivity index (χ1n) is 5.38. The molecule has 0 aromatic heterocycles. The number of benzene rings is 2. The molecule has 2 aromatic rings. The summed E-state index contributed by atoms with van der Waals surface area (Å²) in [5.41, 5.74) is 1.35. The molecule has 0 aliphatic rings. The third kappa shape index (κ3) is 3.21. The summed E-state index contributed by atoms with van der Waals surface area (Å²) < 4.78 is 4.96. The zero-order valence-electron chi connectivity index (χ0n) is 9.26. The van der Waals surface area contributed by atoms with Gasteiger partial charge in [0.15, 0.2) is 0 Å². The molecule has 0 saturated carbocycles. The fraction of sp³-hybridized carbons (Fsp3) is 0.143. The van der Waals surface area contributed by atoms with Gasteiger partial charge in [-0.05, 0) is 0 Å². The molecule has 1 nitrogen and oxygen atoms in total. The van der Waals surface area contributed by atoms with Crippen LogP contribution in [-0.2, 0) is 0 Å². The molecule has 16 heavy (non-hydrogen) atoms. The summed E-state index contributed by atoms with van der Waals surface area (Å²) in [7, 11) is 0. The van der Waals surface area contributed by atoms with Crippen molar-refractivity contribution in [3.05, 3.63) is 66.2 Å². The Bertz CT molecular complexity index is 413. The van der Waals surface area contributed by atoms with Gasteiger partial charge in [-0.25, -0.2) is 0 Å². The Morgan fingerprint density at radius 1 is 0.875 bits per heavy atom. The molecule has 0 amide bonds. The monoisotopic (exact) mass is 277 g/mol. The van der Waals surface area contributed by atoms with Crippen LogP contribution in [0, 0.1) is 0 Å². The average Bonchev–Trinajstić information content (AvgIpc) is 2.38. The predicted molar refractivity (Wildman–Crippen MR) is 69.8 cm³/mol. The third-order valence-electron chi connectivity index (χ3n) is 2.40. The van der Waals surface area contributed by atoms with Crippen molar-refractivity contribution >= 4 is 19.6 Å². The Balaban J connectivity index is 1.92. The quantitative estimate of drug-likeness (QED) is 0.845. The first-order valence-corrected chi connectivity index (χ1v) is 7.10. The zero-order chi connectivity index (χ0) is 11.2. The fourth-order valence-corrected chi connectivity index (χ4v) is 3.01. The van der Waals surface area contributed by atoms with Crippen LogP contribution in [0.5, 0.6) is 0 Å². The molecule has 82 valence electrons. The first-order chi connectivity index (χ1) is 7.86. The van der Waals surface area contributed by atoms with E-state index < -0.39 is 0 Å². The van der Waals surface area contributed by atoms with Crippen molar-refractivity contribution in [2.75, 3.05) is 0 Å². The topological polar surface area (TPSA) is 12.0 Å². The molecular weight excluding hydrogens is 261 g/mol. The van der Waals surface area contributed by atoms with Crippen LogP contribution < -0.4 is 8.79 Å². The summed E-state index contributed by atoms with van der Waals surface area (Å²) in [6.07, 6.45) is 0. The summed E-state index contributed by atoms with van der Waals surface area (Å²) in [4.78, 5) is 0. The van der Waals surface area contributed by atoms with E-state index in [1.807, 2.05) is 0 Å². The second-order valence-corrected chi connectivity index (χ2v) is 5.58. The second kappa shape index (κ2) is 5.86. The third-order valence-corrected chi connectivity index (χ3v) is 4.45. The second-order valence-electron chi connectivity index (χ2n) is 3.67. The van der Waals surface area contributed by atoms with Crippen molar-refractivity contribution in [2.45, 2.75) is 13.0 Å². The molecular formula is C14H15NSe. The van der Waals surface area contributed by atoms with Gasteiger partial charge >= 0.3 is 103 Å². The fourth-order valence-electron chi connectivity index (χ4n) is 1.45. The zero-order valence-corrected chi connectivity index (χ0v) is 11.0. The molecule has 2 heteroatoms. The van der Waals surface area contributed by atoms with E-state index in [2.05, 4.69) is 71.9 Å². The predicted octanol–water partition coefficient (Wildman–Crippen LogP) is 2.28. The van der Waals surface area contributed by atoms with Crippen molar-refractivity contribution in [1.29, 1.82) is 0 Å². The summed E-state index contributed by atoms with van der Waals surface area (Å²) >= 11 is 0.344. The van der Waals surface area contributed by atoms with Gasteiger partial charge in [0.25, 0.3) is 0 Å². The summed E-state index contributed by atoms with van der Waals surface area (Å²) in [6.45, 7) is 2.21. The van der Waals surface area contributed by atoms with E-state index in [0.29, 0.717) is 21.2 Å². The van der Waals surface area contributed by atoms with Gasteiger partial charge in [0.05, 0.1) is 0 Å². The van der Waals surface area contributed by atoms with Gasteiger partial charge in [0.2, 0.25) is 0 Å². The van der Waals surface area contributed by atoms with Crippen LogP contribution in [-0.4, -0.2) is 15.2 Å². The Hall–Kier alpha value is -1.08. The summed E-state index contributed by atoms with van der Waals surface area (Å²) in [6, 6.07) is 21.6. The van der Waals surface area contributed by atoms with Crippen LogP contribution in [0.4, 0.5) is 0 Å². The maximum atomic E-state index is 3.58. The van der Waals surface area contributed by atoms with Gasteiger partial charge < -0.3 is 0 Å². The molecule has 0 saturated heterocycles. The van der Waals surface area contributed by atoms with Gasteiger partial charge in [0, 0.05) is 0 Å². The van der Waals surface area contributed by atoms with Crippen LogP contribution >= 0.6 is 0 Å². The van der Waals surface area contributed by atoms with Crippen molar-refractivity contribution in [3.8, 4) is 0 Å². The number of nitrogens with one attached hydrogen (secondary N) is 1. The van der Waals surface area contributed by atoms with E-state index in [0.717, 1.165) is 0 Å². The van der Waals surface area contributed by atoms with Crippen molar-refractivity contribution in [3.63, 3.8) is 0 Å². The normalized spacial score (nSPS) is 12.3. The van der Waals surface area contributed by atoms with E-state index in [9.17, 15) is 0 Å². The van der Waals surface area contributed by atoms with E-state index in [4.69, 9.17) is 0 Å². The molecule has 1 atom stereocenters. The molecule has 2 rings (SSSR count). The standard InChI is InChI=1S/C14H15NSe/c1-12(13-8-4-2-5-9-13)15-16-14-10-6-3-7-11-14/h2-12,15H,1H3/t12-/m0/s1. The molecule has 0 heterocycles. The Labute approximate surface area is 103 Å². The first kappa shape index (κ1) is 11.4. The summed E-state index contributed by atoms with van der Waals surface area (Å²) in [5.74, 6) is 0. The van der Waals surface area contributed by atoms with E-state index in [-0.39, 0.29) is 0 Å². The molecule has 1 N–H and O–H groups in total. The Morgan fingerprint density at radius 2 is 1.44 bits per heavy atom. The van der Waals surface area contributed by atoms with Crippen LogP contribution in [0.15, 0.2) is 60.7 Å². The van der Waals surface area contributed by atoms with Crippen LogP contribution in [0.3, 0.4) is 0 Å². The van der Waals surface area contributed by atoms with E-state index in [1.54, 1.807) is 0 Å². The molecule has 0 unspecified atom stereocenters. The van der Waals surface area contributed by atoms with Crippen LogP contribution in [0.1, 0.15) is 18.5 Å².